The van der Waals surface area contributed by atoms with Crippen LogP contribution in [0.15, 0.2) is 47.3 Å². The molecule has 0 saturated carbocycles. The molecule has 0 atom stereocenters. The van der Waals surface area contributed by atoms with E-state index in [9.17, 15) is 22.8 Å². The van der Waals surface area contributed by atoms with Gasteiger partial charge in [0.15, 0.2) is 5.69 Å². The fourth-order valence-electron chi connectivity index (χ4n) is 2.44. The van der Waals surface area contributed by atoms with Gasteiger partial charge in [-0.2, -0.15) is 13.2 Å². The number of benzene rings is 2. The van der Waals surface area contributed by atoms with Crippen LogP contribution < -0.4 is 10.9 Å². The minimum Gasteiger partial charge on any atom is -0.320 e. The summed E-state index contributed by atoms with van der Waals surface area (Å²) in [6.45, 7) is 0. The maximum absolute atomic E-state index is 12.9. The van der Waals surface area contributed by atoms with E-state index in [4.69, 9.17) is 11.6 Å². The molecule has 0 unspecified atom stereocenters. The van der Waals surface area contributed by atoms with Crippen molar-refractivity contribution in [3.8, 4) is 0 Å². The largest absolute Gasteiger partial charge is 0.417 e. The second-order valence-electron chi connectivity index (χ2n) is 5.46. The first-order chi connectivity index (χ1) is 12.2. The lowest BCUT2D eigenvalue weighted by Crippen LogP contribution is -2.29. The summed E-state index contributed by atoms with van der Waals surface area (Å²) >= 11 is 5.55. The fourth-order valence-corrected chi connectivity index (χ4v) is 2.66. The van der Waals surface area contributed by atoms with Crippen molar-refractivity contribution in [2.24, 2.45) is 7.05 Å². The van der Waals surface area contributed by atoms with Crippen LogP contribution in [-0.2, 0) is 13.2 Å². The molecule has 1 heterocycles. The molecule has 5 nitrogen and oxygen atoms in total. The molecule has 0 saturated heterocycles. The van der Waals surface area contributed by atoms with E-state index >= 15 is 0 Å². The SMILES string of the molecule is Cn1c(=O)c(C(=O)Nc2ccc(Cl)c(C(F)(F)F)c2)nc2ccccc21. The summed E-state index contributed by atoms with van der Waals surface area (Å²) in [6.07, 6.45) is -4.67. The predicted molar refractivity (Wildman–Crippen MR) is 91.4 cm³/mol. The predicted octanol–water partition coefficient (Wildman–Crippen LogP) is 3.86. The molecule has 9 heteroatoms. The molecule has 0 bridgehead atoms. The summed E-state index contributed by atoms with van der Waals surface area (Å²) in [5.41, 5.74) is -1.38. The number of nitrogens with one attached hydrogen (secondary N) is 1. The number of rotatable bonds is 2. The molecular formula is C17H11ClF3N3O2. The van der Waals surface area contributed by atoms with Crippen LogP contribution >= 0.6 is 11.6 Å². The van der Waals surface area contributed by atoms with Crippen LogP contribution in [0.3, 0.4) is 0 Å². The lowest BCUT2D eigenvalue weighted by atomic mass is 10.2. The van der Waals surface area contributed by atoms with Gasteiger partial charge < -0.3 is 9.88 Å². The number of nitrogens with zero attached hydrogens (tertiary/aromatic N) is 2. The third kappa shape index (κ3) is 3.28. The van der Waals surface area contributed by atoms with Crippen molar-refractivity contribution in [1.82, 2.24) is 9.55 Å². The van der Waals surface area contributed by atoms with Gasteiger partial charge in [0.1, 0.15) is 0 Å². The molecule has 0 aliphatic rings. The number of carbonyl (C=O) groups is 1. The molecule has 1 N–H and O–H groups in total. The van der Waals surface area contributed by atoms with Crippen LogP contribution in [0.4, 0.5) is 18.9 Å². The summed E-state index contributed by atoms with van der Waals surface area (Å²) < 4.78 is 40.0. The van der Waals surface area contributed by atoms with Crippen molar-refractivity contribution in [3.05, 3.63) is 69.1 Å². The Bertz CT molecular complexity index is 1080. The third-order valence-electron chi connectivity index (χ3n) is 3.73. The van der Waals surface area contributed by atoms with E-state index < -0.39 is 33.9 Å². The number of aryl methyl sites for hydroxylation is 1. The third-order valence-corrected chi connectivity index (χ3v) is 4.06. The number of fused-ring (bicyclic) bond motifs is 1. The molecule has 0 fully saturated rings. The van der Waals surface area contributed by atoms with Gasteiger partial charge >= 0.3 is 6.18 Å². The van der Waals surface area contributed by atoms with Crippen molar-refractivity contribution < 1.29 is 18.0 Å². The molecule has 0 aliphatic heterocycles. The van der Waals surface area contributed by atoms with Gasteiger partial charge in [0.2, 0.25) is 0 Å². The van der Waals surface area contributed by atoms with Crippen LogP contribution in [0.25, 0.3) is 11.0 Å². The standard InChI is InChI=1S/C17H11ClF3N3O2/c1-24-13-5-3-2-4-12(13)23-14(16(24)26)15(25)22-9-6-7-11(18)10(8-9)17(19,20)21/h2-8H,1H3,(H,22,25). The van der Waals surface area contributed by atoms with E-state index in [-0.39, 0.29) is 5.69 Å². The van der Waals surface area contributed by atoms with Crippen LogP contribution in [0.1, 0.15) is 16.1 Å². The number of hydrogen-bond acceptors (Lipinski definition) is 3. The molecule has 134 valence electrons. The average Bonchev–Trinajstić information content (AvgIpc) is 2.58. The molecule has 3 aromatic rings. The van der Waals surface area contributed by atoms with Crippen molar-refractivity contribution >= 4 is 34.2 Å². The average molecular weight is 382 g/mol. The Morgan fingerprint density at radius 1 is 1.19 bits per heavy atom. The highest BCUT2D eigenvalue weighted by Crippen LogP contribution is 2.36. The van der Waals surface area contributed by atoms with E-state index in [1.807, 2.05) is 0 Å². The van der Waals surface area contributed by atoms with Gasteiger partial charge in [-0.05, 0) is 30.3 Å². The highest BCUT2D eigenvalue weighted by atomic mass is 35.5. The van der Waals surface area contributed by atoms with Gasteiger partial charge in [-0.3, -0.25) is 9.59 Å². The number of carbonyl (C=O) groups excluding carboxylic acids is 1. The van der Waals surface area contributed by atoms with E-state index in [1.165, 1.54) is 17.7 Å². The maximum Gasteiger partial charge on any atom is 0.417 e. The van der Waals surface area contributed by atoms with Gasteiger partial charge in [0.05, 0.1) is 21.6 Å². The summed E-state index contributed by atoms with van der Waals surface area (Å²) in [5.74, 6) is -0.910. The molecule has 0 radical (unpaired) electrons. The zero-order valence-electron chi connectivity index (χ0n) is 13.3. The topological polar surface area (TPSA) is 64.0 Å². The van der Waals surface area contributed by atoms with Gasteiger partial charge in [0.25, 0.3) is 11.5 Å². The number of amides is 1. The Kier molecular flexibility index (Phi) is 4.45. The minimum atomic E-state index is -4.67. The van der Waals surface area contributed by atoms with Crippen LogP contribution in [0, 0.1) is 0 Å². The van der Waals surface area contributed by atoms with Gasteiger partial charge in [-0.15, -0.1) is 0 Å². The molecule has 26 heavy (non-hydrogen) atoms. The van der Waals surface area contributed by atoms with E-state index in [0.717, 1.165) is 6.07 Å². The first-order valence-corrected chi connectivity index (χ1v) is 7.70. The van der Waals surface area contributed by atoms with Crippen molar-refractivity contribution in [3.63, 3.8) is 0 Å². The lowest BCUT2D eigenvalue weighted by Gasteiger charge is -2.12. The first-order valence-electron chi connectivity index (χ1n) is 7.32. The summed E-state index contributed by atoms with van der Waals surface area (Å²) in [6, 6.07) is 9.63. The van der Waals surface area contributed by atoms with Crippen LogP contribution in [0.2, 0.25) is 5.02 Å². The van der Waals surface area contributed by atoms with E-state index in [1.54, 1.807) is 24.3 Å². The van der Waals surface area contributed by atoms with Gasteiger partial charge in [-0.1, -0.05) is 23.7 Å². The molecule has 0 spiro atoms. The highest BCUT2D eigenvalue weighted by molar-refractivity contribution is 6.31. The van der Waals surface area contributed by atoms with E-state index in [2.05, 4.69) is 10.3 Å². The zero-order chi connectivity index (χ0) is 19.1. The van der Waals surface area contributed by atoms with Crippen LogP contribution in [0.5, 0.6) is 0 Å². The Balaban J connectivity index is 2.00. The summed E-state index contributed by atoms with van der Waals surface area (Å²) in [5, 5.41) is 1.77. The number of aromatic nitrogens is 2. The Morgan fingerprint density at radius 3 is 2.58 bits per heavy atom. The Hall–Kier alpha value is -2.87. The fraction of sp³-hybridized carbons (Fsp3) is 0.118. The number of halogens is 4. The number of anilines is 1. The number of hydrogen-bond donors (Lipinski definition) is 1. The normalized spacial score (nSPS) is 11.6. The molecule has 1 amide bonds. The molecule has 2 aromatic carbocycles. The number of alkyl halides is 3. The highest BCUT2D eigenvalue weighted by Gasteiger charge is 2.33. The van der Waals surface area contributed by atoms with Crippen molar-refractivity contribution in [1.29, 1.82) is 0 Å². The summed E-state index contributed by atoms with van der Waals surface area (Å²) in [7, 11) is 1.48. The minimum absolute atomic E-state index is 0.149. The monoisotopic (exact) mass is 381 g/mol. The van der Waals surface area contributed by atoms with Crippen molar-refractivity contribution in [2.45, 2.75) is 6.18 Å². The molecule has 1 aromatic heterocycles. The van der Waals surface area contributed by atoms with Gasteiger partial charge in [-0.25, -0.2) is 4.98 Å². The van der Waals surface area contributed by atoms with Gasteiger partial charge in [0, 0.05) is 12.7 Å². The smallest absolute Gasteiger partial charge is 0.320 e. The zero-order valence-corrected chi connectivity index (χ0v) is 14.0. The molecular weight excluding hydrogens is 371 g/mol. The Labute approximate surface area is 150 Å². The molecule has 0 aliphatic carbocycles. The quantitative estimate of drug-likeness (QED) is 0.733. The molecule has 3 rings (SSSR count). The van der Waals surface area contributed by atoms with Crippen molar-refractivity contribution in [2.75, 3.05) is 5.32 Å². The number of para-hydroxylation sites is 2. The summed E-state index contributed by atoms with van der Waals surface area (Å²) in [4.78, 5) is 28.7. The van der Waals surface area contributed by atoms with Crippen LogP contribution in [-0.4, -0.2) is 15.5 Å². The second kappa shape index (κ2) is 6.45. The Morgan fingerprint density at radius 2 is 1.88 bits per heavy atom. The second-order valence-corrected chi connectivity index (χ2v) is 5.87. The first kappa shape index (κ1) is 17.9. The maximum atomic E-state index is 12.9. The van der Waals surface area contributed by atoms with E-state index in [0.29, 0.717) is 17.1 Å². The lowest BCUT2D eigenvalue weighted by molar-refractivity contribution is -0.137.